The molecule has 0 bridgehead atoms. The maximum atomic E-state index is 12.6. The van der Waals surface area contributed by atoms with Crippen LogP contribution >= 0.6 is 59.1 Å². The number of carbonyl (C=O) groups is 1. The molecule has 8 heteroatoms. The third kappa shape index (κ3) is 3.59. The summed E-state index contributed by atoms with van der Waals surface area (Å²) >= 11 is 11.6. The van der Waals surface area contributed by atoms with Gasteiger partial charge in [-0.15, -0.1) is 11.3 Å². The summed E-state index contributed by atoms with van der Waals surface area (Å²) in [5.74, 6) is -0.0236. The van der Waals surface area contributed by atoms with Crippen molar-refractivity contribution in [2.45, 2.75) is 6.54 Å². The van der Waals surface area contributed by atoms with Gasteiger partial charge in [0.05, 0.1) is 25.9 Å². The highest BCUT2D eigenvalue weighted by Crippen LogP contribution is 2.34. The lowest BCUT2D eigenvalue weighted by molar-refractivity contribution is 0.103. The van der Waals surface area contributed by atoms with Gasteiger partial charge in [0.1, 0.15) is 5.69 Å². The van der Waals surface area contributed by atoms with Gasteiger partial charge in [-0.2, -0.15) is 5.10 Å². The Morgan fingerprint density at radius 2 is 2.05 bits per heavy atom. The van der Waals surface area contributed by atoms with Gasteiger partial charge in [-0.05, 0) is 68.0 Å². The SMILES string of the molecule is CN(C)CCn1ncc(Br)c1C(=O)c1cc(Br)c(Br)s1. The molecule has 108 valence electrons. The lowest BCUT2D eigenvalue weighted by Gasteiger charge is -2.11. The molecule has 0 radical (unpaired) electrons. The molecule has 0 atom stereocenters. The maximum absolute atomic E-state index is 12.6. The molecule has 0 aliphatic rings. The molecule has 0 spiro atoms. The van der Waals surface area contributed by atoms with Crippen molar-refractivity contribution < 1.29 is 4.79 Å². The monoisotopic (exact) mass is 483 g/mol. The van der Waals surface area contributed by atoms with Crippen LogP contribution in [0.3, 0.4) is 0 Å². The van der Waals surface area contributed by atoms with Gasteiger partial charge in [-0.1, -0.05) is 0 Å². The predicted octanol–water partition coefficient (Wildman–Crippen LogP) is 4.02. The van der Waals surface area contributed by atoms with Crippen molar-refractivity contribution in [3.05, 3.63) is 35.6 Å². The van der Waals surface area contributed by atoms with Gasteiger partial charge in [0.25, 0.3) is 0 Å². The van der Waals surface area contributed by atoms with Crippen LogP contribution in [0.5, 0.6) is 0 Å². The average molecular weight is 486 g/mol. The van der Waals surface area contributed by atoms with Crippen LogP contribution in [-0.4, -0.2) is 41.1 Å². The number of hydrogen-bond donors (Lipinski definition) is 0. The molecule has 0 aromatic carbocycles. The number of hydrogen-bond acceptors (Lipinski definition) is 4. The molecular formula is C12H12Br3N3OS. The number of aromatic nitrogens is 2. The van der Waals surface area contributed by atoms with Gasteiger partial charge in [0, 0.05) is 11.0 Å². The third-order valence-electron chi connectivity index (χ3n) is 2.64. The van der Waals surface area contributed by atoms with E-state index in [2.05, 4.69) is 57.8 Å². The Bertz CT molecular complexity index is 616. The van der Waals surface area contributed by atoms with Crippen molar-refractivity contribution in [2.75, 3.05) is 20.6 Å². The van der Waals surface area contributed by atoms with Crippen LogP contribution in [0.25, 0.3) is 0 Å². The molecule has 0 saturated heterocycles. The van der Waals surface area contributed by atoms with Crippen molar-refractivity contribution in [3.8, 4) is 0 Å². The number of nitrogens with zero attached hydrogens (tertiary/aromatic N) is 3. The van der Waals surface area contributed by atoms with Gasteiger partial charge >= 0.3 is 0 Å². The molecule has 4 nitrogen and oxygen atoms in total. The third-order valence-corrected chi connectivity index (χ3v) is 6.47. The minimum absolute atomic E-state index is 0.0236. The Morgan fingerprint density at radius 1 is 1.35 bits per heavy atom. The smallest absolute Gasteiger partial charge is 0.222 e. The molecule has 2 aromatic rings. The average Bonchev–Trinajstić information content (AvgIpc) is 2.90. The molecule has 0 fully saturated rings. The van der Waals surface area contributed by atoms with E-state index in [1.807, 2.05) is 20.2 Å². The summed E-state index contributed by atoms with van der Waals surface area (Å²) in [7, 11) is 3.99. The first-order valence-corrected chi connectivity index (χ1v) is 8.95. The summed E-state index contributed by atoms with van der Waals surface area (Å²) in [4.78, 5) is 15.4. The maximum Gasteiger partial charge on any atom is 0.222 e. The van der Waals surface area contributed by atoms with E-state index in [1.165, 1.54) is 11.3 Å². The van der Waals surface area contributed by atoms with E-state index in [-0.39, 0.29) is 5.78 Å². The van der Waals surface area contributed by atoms with Crippen LogP contribution in [0.1, 0.15) is 15.4 Å². The number of likely N-dealkylation sites (N-methyl/N-ethyl adjacent to an activating group) is 1. The minimum atomic E-state index is -0.0236. The second-order valence-electron chi connectivity index (χ2n) is 4.43. The first-order valence-electron chi connectivity index (χ1n) is 5.75. The van der Waals surface area contributed by atoms with Gasteiger partial charge < -0.3 is 4.90 Å². The first-order chi connectivity index (χ1) is 9.40. The lowest BCUT2D eigenvalue weighted by atomic mass is 10.2. The fourth-order valence-electron chi connectivity index (χ4n) is 1.63. The molecule has 2 heterocycles. The minimum Gasteiger partial charge on any atom is -0.308 e. The largest absolute Gasteiger partial charge is 0.308 e. The highest BCUT2D eigenvalue weighted by Gasteiger charge is 2.21. The Hall–Kier alpha value is -0.0200. The molecule has 0 unspecified atom stereocenters. The van der Waals surface area contributed by atoms with Crippen LogP contribution in [0.4, 0.5) is 0 Å². The highest BCUT2D eigenvalue weighted by atomic mass is 79.9. The molecule has 0 saturated carbocycles. The van der Waals surface area contributed by atoms with Gasteiger partial charge in [0.2, 0.25) is 5.78 Å². The number of carbonyl (C=O) groups excluding carboxylic acids is 1. The van der Waals surface area contributed by atoms with Gasteiger partial charge in [0.15, 0.2) is 0 Å². The van der Waals surface area contributed by atoms with Crippen molar-refractivity contribution in [3.63, 3.8) is 0 Å². The number of ketones is 1. The van der Waals surface area contributed by atoms with E-state index in [0.717, 1.165) is 19.3 Å². The molecule has 0 N–H and O–H groups in total. The molecular weight excluding hydrogens is 474 g/mol. The molecule has 0 amide bonds. The molecule has 0 aliphatic carbocycles. The predicted molar refractivity (Wildman–Crippen MR) is 91.6 cm³/mol. The van der Waals surface area contributed by atoms with E-state index in [4.69, 9.17) is 0 Å². The van der Waals surface area contributed by atoms with Crippen LogP contribution in [-0.2, 0) is 6.54 Å². The van der Waals surface area contributed by atoms with E-state index in [0.29, 0.717) is 17.1 Å². The Kier molecular flexibility index (Phi) is 5.58. The normalized spacial score (nSPS) is 11.3. The topological polar surface area (TPSA) is 38.1 Å². The van der Waals surface area contributed by atoms with Crippen molar-refractivity contribution in [2.24, 2.45) is 0 Å². The Morgan fingerprint density at radius 3 is 2.60 bits per heavy atom. The van der Waals surface area contributed by atoms with Crippen LogP contribution in [0.15, 0.2) is 25.0 Å². The summed E-state index contributed by atoms with van der Waals surface area (Å²) < 4.78 is 4.27. The fourth-order valence-corrected chi connectivity index (χ4v) is 4.08. The standard InChI is InChI=1S/C12H12Br3N3OS/c1-17(2)3-4-18-10(8(14)6-16-18)11(19)9-5-7(13)12(15)20-9/h5-6H,3-4H2,1-2H3. The fraction of sp³-hybridized carbons (Fsp3) is 0.333. The second kappa shape index (κ2) is 6.83. The van der Waals surface area contributed by atoms with E-state index in [9.17, 15) is 4.79 Å². The molecule has 20 heavy (non-hydrogen) atoms. The zero-order valence-corrected chi connectivity index (χ0v) is 16.4. The number of halogens is 3. The summed E-state index contributed by atoms with van der Waals surface area (Å²) in [5.41, 5.74) is 0.591. The van der Waals surface area contributed by atoms with Crippen LogP contribution in [0.2, 0.25) is 0 Å². The van der Waals surface area contributed by atoms with Crippen LogP contribution in [0, 0.1) is 0 Å². The van der Waals surface area contributed by atoms with Crippen LogP contribution < -0.4 is 0 Å². The summed E-state index contributed by atoms with van der Waals surface area (Å²) in [5, 5.41) is 4.27. The summed E-state index contributed by atoms with van der Waals surface area (Å²) in [6.45, 7) is 1.50. The Balaban J connectivity index is 2.31. The van der Waals surface area contributed by atoms with Crippen molar-refractivity contribution in [1.82, 2.24) is 14.7 Å². The zero-order valence-electron chi connectivity index (χ0n) is 10.9. The van der Waals surface area contributed by atoms with Gasteiger partial charge in [-0.25, -0.2) is 0 Å². The van der Waals surface area contributed by atoms with E-state index >= 15 is 0 Å². The number of thiophene rings is 1. The van der Waals surface area contributed by atoms with Gasteiger partial charge in [-0.3, -0.25) is 9.48 Å². The van der Waals surface area contributed by atoms with Crippen molar-refractivity contribution >= 4 is 64.9 Å². The lowest BCUT2D eigenvalue weighted by Crippen LogP contribution is -2.21. The van der Waals surface area contributed by atoms with E-state index in [1.54, 1.807) is 10.9 Å². The quantitative estimate of drug-likeness (QED) is 0.600. The van der Waals surface area contributed by atoms with E-state index < -0.39 is 0 Å². The molecule has 2 aromatic heterocycles. The molecule has 2 rings (SSSR count). The van der Waals surface area contributed by atoms with Crippen molar-refractivity contribution in [1.29, 1.82) is 0 Å². The second-order valence-corrected chi connectivity index (χ2v) is 8.51. The number of rotatable bonds is 5. The Labute approximate surface area is 146 Å². The highest BCUT2D eigenvalue weighted by molar-refractivity contribution is 9.13. The zero-order chi connectivity index (χ0) is 14.9. The summed E-state index contributed by atoms with van der Waals surface area (Å²) in [6, 6.07) is 1.83. The molecule has 0 aliphatic heterocycles. The summed E-state index contributed by atoms with van der Waals surface area (Å²) in [6.07, 6.45) is 1.67. The first kappa shape index (κ1) is 16.4.